The first-order valence-electron chi connectivity index (χ1n) is 9.86. The molecule has 0 saturated carbocycles. The zero-order chi connectivity index (χ0) is 23.7. The van der Waals surface area contributed by atoms with Gasteiger partial charge in [0, 0.05) is 12.3 Å². The van der Waals surface area contributed by atoms with Gasteiger partial charge in [-0.2, -0.15) is 0 Å². The van der Waals surface area contributed by atoms with Crippen molar-refractivity contribution in [2.45, 2.75) is 98.0 Å². The lowest BCUT2D eigenvalue weighted by Crippen LogP contribution is -2.47. The summed E-state index contributed by atoms with van der Waals surface area (Å²) in [6.45, 7) is 14.7. The molecule has 0 bridgehead atoms. The van der Waals surface area contributed by atoms with Crippen molar-refractivity contribution in [3.63, 3.8) is 0 Å². The predicted molar refractivity (Wildman–Crippen MR) is 106 cm³/mol. The molecule has 30 heavy (non-hydrogen) atoms. The van der Waals surface area contributed by atoms with Crippen molar-refractivity contribution >= 4 is 29.7 Å². The van der Waals surface area contributed by atoms with Gasteiger partial charge in [-0.25, -0.2) is 19.3 Å². The van der Waals surface area contributed by atoms with Crippen LogP contribution in [-0.2, 0) is 33.4 Å². The number of ketones is 1. The topological polar surface area (TPSA) is 116 Å². The third-order valence-corrected chi connectivity index (χ3v) is 3.73. The van der Waals surface area contributed by atoms with Gasteiger partial charge in [-0.15, -0.1) is 0 Å². The fraction of sp³-hybridized carbons (Fsp3) is 0.762. The summed E-state index contributed by atoms with van der Waals surface area (Å²) < 4.78 is 15.6. The molecule has 0 N–H and O–H groups in total. The number of nitrogens with zero attached hydrogens (tertiary/aromatic N) is 1. The SMILES string of the molecule is CC(C)(C)OC(=O)C(=O)C[C@@H]1C[C@@H](C(=O)OC(C)(C)C)N(C(=O)OC(C)(C)C)C1=O. The van der Waals surface area contributed by atoms with Gasteiger partial charge >= 0.3 is 18.0 Å². The standard InChI is InChI=1S/C21H33NO8/c1-19(2,3)28-16(25)13-10-12(11-14(23)17(26)29-20(4,5)6)15(24)22(13)18(27)30-21(7,8)9/h12-13H,10-11H2,1-9H3/t12-,13-/m0/s1. The molecule has 9 nitrogen and oxygen atoms in total. The molecule has 0 aromatic rings. The number of esters is 2. The van der Waals surface area contributed by atoms with Crippen LogP contribution in [-0.4, -0.2) is 57.5 Å². The summed E-state index contributed by atoms with van der Waals surface area (Å²) in [4.78, 5) is 63.0. The van der Waals surface area contributed by atoms with Crippen molar-refractivity contribution in [3.05, 3.63) is 0 Å². The second-order valence-corrected chi connectivity index (χ2v) is 10.3. The van der Waals surface area contributed by atoms with Crippen LogP contribution in [0.25, 0.3) is 0 Å². The first-order chi connectivity index (χ1) is 13.3. The van der Waals surface area contributed by atoms with Crippen molar-refractivity contribution in [3.8, 4) is 0 Å². The van der Waals surface area contributed by atoms with Crippen LogP contribution in [0.4, 0.5) is 4.79 Å². The van der Waals surface area contributed by atoms with E-state index in [2.05, 4.69) is 0 Å². The van der Waals surface area contributed by atoms with E-state index in [1.54, 1.807) is 62.3 Å². The summed E-state index contributed by atoms with van der Waals surface area (Å²) in [5.74, 6) is -4.57. The summed E-state index contributed by atoms with van der Waals surface area (Å²) >= 11 is 0. The summed E-state index contributed by atoms with van der Waals surface area (Å²) in [5, 5.41) is 0. The molecule has 1 fully saturated rings. The van der Waals surface area contributed by atoms with Crippen LogP contribution in [0.1, 0.15) is 75.2 Å². The molecule has 1 aliphatic rings. The Morgan fingerprint density at radius 3 is 1.73 bits per heavy atom. The Morgan fingerprint density at radius 2 is 1.30 bits per heavy atom. The summed E-state index contributed by atoms with van der Waals surface area (Å²) in [6.07, 6.45) is -1.64. The van der Waals surface area contributed by atoms with Crippen molar-refractivity contribution in [2.75, 3.05) is 0 Å². The molecule has 9 heteroatoms. The van der Waals surface area contributed by atoms with E-state index in [4.69, 9.17) is 14.2 Å². The smallest absolute Gasteiger partial charge is 0.417 e. The second kappa shape index (κ2) is 8.73. The number of ether oxygens (including phenoxy) is 3. The Morgan fingerprint density at radius 1 is 0.833 bits per heavy atom. The number of carbonyl (C=O) groups is 5. The molecule has 170 valence electrons. The minimum absolute atomic E-state index is 0.151. The molecule has 0 unspecified atom stereocenters. The van der Waals surface area contributed by atoms with Crippen LogP contribution in [0.3, 0.4) is 0 Å². The lowest BCUT2D eigenvalue weighted by molar-refractivity contribution is -0.163. The molecule has 2 atom stereocenters. The van der Waals surface area contributed by atoms with Crippen molar-refractivity contribution < 1.29 is 38.2 Å². The van der Waals surface area contributed by atoms with E-state index in [9.17, 15) is 24.0 Å². The molecule has 0 aliphatic carbocycles. The Kier molecular flexibility index (Phi) is 7.45. The summed E-state index contributed by atoms with van der Waals surface area (Å²) in [7, 11) is 0. The van der Waals surface area contributed by atoms with E-state index < -0.39 is 64.9 Å². The number of imide groups is 1. The molecule has 0 aromatic heterocycles. The summed E-state index contributed by atoms with van der Waals surface area (Å²) in [6, 6.07) is -1.25. The van der Waals surface area contributed by atoms with Crippen molar-refractivity contribution in [1.29, 1.82) is 0 Å². The first kappa shape index (κ1) is 25.6. The molecule has 1 rings (SSSR count). The Balaban J connectivity index is 3.08. The second-order valence-electron chi connectivity index (χ2n) is 10.3. The third kappa shape index (κ3) is 7.76. The molecule has 0 spiro atoms. The number of amides is 2. The van der Waals surface area contributed by atoms with Crippen LogP contribution >= 0.6 is 0 Å². The van der Waals surface area contributed by atoms with Crippen LogP contribution in [0.15, 0.2) is 0 Å². The average Bonchev–Trinajstić information content (AvgIpc) is 2.79. The zero-order valence-corrected chi connectivity index (χ0v) is 19.3. The normalized spacial score (nSPS) is 20.0. The van der Waals surface area contributed by atoms with E-state index in [0.29, 0.717) is 4.90 Å². The monoisotopic (exact) mass is 427 g/mol. The van der Waals surface area contributed by atoms with E-state index in [1.807, 2.05) is 0 Å². The average molecular weight is 427 g/mol. The zero-order valence-electron chi connectivity index (χ0n) is 19.3. The predicted octanol–water partition coefficient (Wildman–Crippen LogP) is 2.78. The first-order valence-corrected chi connectivity index (χ1v) is 9.86. The highest BCUT2D eigenvalue weighted by atomic mass is 16.6. The highest BCUT2D eigenvalue weighted by molar-refractivity contribution is 6.34. The van der Waals surface area contributed by atoms with Gasteiger partial charge in [-0.05, 0) is 68.7 Å². The van der Waals surface area contributed by atoms with Crippen LogP contribution < -0.4 is 0 Å². The fourth-order valence-electron chi connectivity index (χ4n) is 2.74. The van der Waals surface area contributed by atoms with Crippen LogP contribution in [0, 0.1) is 5.92 Å². The number of Topliss-reactive ketones (excluding diaryl/α,β-unsaturated/α-hetero) is 1. The van der Waals surface area contributed by atoms with Gasteiger partial charge in [0.1, 0.15) is 22.8 Å². The largest absolute Gasteiger partial charge is 0.458 e. The third-order valence-electron chi connectivity index (χ3n) is 3.73. The highest BCUT2D eigenvalue weighted by Gasteiger charge is 2.50. The summed E-state index contributed by atoms with van der Waals surface area (Å²) in [5.41, 5.74) is -2.61. The molecular formula is C21H33NO8. The number of hydrogen-bond donors (Lipinski definition) is 0. The minimum atomic E-state index is -1.25. The Bertz CT molecular complexity index is 721. The number of likely N-dealkylation sites (tertiary alicyclic amines) is 1. The molecule has 1 saturated heterocycles. The lowest BCUT2D eigenvalue weighted by atomic mass is 9.98. The number of rotatable bonds is 4. The van der Waals surface area contributed by atoms with Gasteiger partial charge in [0.25, 0.3) is 0 Å². The molecular weight excluding hydrogens is 394 g/mol. The van der Waals surface area contributed by atoms with E-state index in [0.717, 1.165) is 0 Å². The van der Waals surface area contributed by atoms with E-state index in [-0.39, 0.29) is 6.42 Å². The Hall–Kier alpha value is -2.45. The number of carbonyl (C=O) groups excluding carboxylic acids is 5. The molecule has 0 aromatic carbocycles. The van der Waals surface area contributed by atoms with Gasteiger partial charge in [-0.1, -0.05) is 0 Å². The van der Waals surface area contributed by atoms with E-state index >= 15 is 0 Å². The lowest BCUT2D eigenvalue weighted by Gasteiger charge is -2.28. The fourth-order valence-corrected chi connectivity index (χ4v) is 2.74. The van der Waals surface area contributed by atoms with Gasteiger partial charge in [0.15, 0.2) is 0 Å². The highest BCUT2D eigenvalue weighted by Crippen LogP contribution is 2.31. The maximum Gasteiger partial charge on any atom is 0.417 e. The van der Waals surface area contributed by atoms with Crippen molar-refractivity contribution in [1.82, 2.24) is 4.90 Å². The number of hydrogen-bond acceptors (Lipinski definition) is 8. The van der Waals surface area contributed by atoms with Crippen LogP contribution in [0.5, 0.6) is 0 Å². The van der Waals surface area contributed by atoms with Gasteiger partial charge in [-0.3, -0.25) is 9.59 Å². The maximum atomic E-state index is 12.9. The maximum absolute atomic E-state index is 12.9. The van der Waals surface area contributed by atoms with E-state index in [1.165, 1.54) is 0 Å². The minimum Gasteiger partial charge on any atom is -0.458 e. The van der Waals surface area contributed by atoms with Gasteiger partial charge < -0.3 is 14.2 Å². The Labute approximate surface area is 177 Å². The molecule has 2 amide bonds. The van der Waals surface area contributed by atoms with Gasteiger partial charge in [0.05, 0.1) is 0 Å². The van der Waals surface area contributed by atoms with Crippen LogP contribution in [0.2, 0.25) is 0 Å². The molecule has 1 heterocycles. The van der Waals surface area contributed by atoms with Crippen molar-refractivity contribution in [2.24, 2.45) is 5.92 Å². The molecule has 0 radical (unpaired) electrons. The molecule has 1 aliphatic heterocycles. The quantitative estimate of drug-likeness (QED) is 0.382. The van der Waals surface area contributed by atoms with Gasteiger partial charge in [0.2, 0.25) is 11.7 Å².